The molecule has 1 aromatic carbocycles. The fourth-order valence-electron chi connectivity index (χ4n) is 1.95. The van der Waals surface area contributed by atoms with E-state index >= 15 is 0 Å². The van der Waals surface area contributed by atoms with Crippen molar-refractivity contribution < 1.29 is 9.53 Å². The Bertz CT molecular complexity index is 669. The molecule has 0 aliphatic rings. The minimum Gasteiger partial charge on any atom is -0.495 e. The number of ether oxygens (including phenoxy) is 1. The van der Waals surface area contributed by atoms with Gasteiger partial charge in [0, 0.05) is 18.9 Å². The molecule has 2 aromatic rings. The molecule has 6 heteroatoms. The molecule has 1 amide bonds. The molecule has 0 fully saturated rings. The van der Waals surface area contributed by atoms with Gasteiger partial charge in [-0.2, -0.15) is 0 Å². The molecule has 0 aliphatic carbocycles. The summed E-state index contributed by atoms with van der Waals surface area (Å²) in [5, 5.41) is 5.94. The van der Waals surface area contributed by atoms with Gasteiger partial charge in [0.05, 0.1) is 18.4 Å². The maximum atomic E-state index is 11.9. The fourth-order valence-corrected chi connectivity index (χ4v) is 1.95. The molecular formula is C17H22N4O2. The zero-order valence-corrected chi connectivity index (χ0v) is 13.9. The smallest absolute Gasteiger partial charge is 0.254 e. The van der Waals surface area contributed by atoms with Crippen molar-refractivity contribution in [3.8, 4) is 5.75 Å². The highest BCUT2D eigenvalue weighted by Crippen LogP contribution is 2.27. The van der Waals surface area contributed by atoms with Crippen molar-refractivity contribution in [2.45, 2.75) is 20.8 Å². The third kappa shape index (κ3) is 4.67. The molecule has 0 spiro atoms. The molecule has 2 rings (SSSR count). The number of nitrogens with one attached hydrogen (secondary N) is 2. The summed E-state index contributed by atoms with van der Waals surface area (Å²) in [7, 11) is 1.61. The van der Waals surface area contributed by atoms with Gasteiger partial charge in [0.25, 0.3) is 5.91 Å². The van der Waals surface area contributed by atoms with E-state index in [2.05, 4.69) is 20.6 Å². The maximum Gasteiger partial charge on any atom is 0.254 e. The minimum atomic E-state index is -0.168. The number of methoxy groups -OCH3 is 1. The van der Waals surface area contributed by atoms with Crippen LogP contribution in [0.3, 0.4) is 0 Å². The largest absolute Gasteiger partial charge is 0.495 e. The second kappa shape index (κ2) is 7.58. The molecule has 1 aromatic heterocycles. The summed E-state index contributed by atoms with van der Waals surface area (Å²) in [6.45, 7) is 6.70. The summed E-state index contributed by atoms with van der Waals surface area (Å²) in [5.41, 5.74) is 2.31. The van der Waals surface area contributed by atoms with Crippen LogP contribution in [-0.2, 0) is 0 Å². The van der Waals surface area contributed by atoms with Crippen LogP contribution in [0.25, 0.3) is 0 Å². The molecule has 23 heavy (non-hydrogen) atoms. The average Bonchev–Trinajstić information content (AvgIpc) is 2.53. The summed E-state index contributed by atoms with van der Waals surface area (Å²) in [5.74, 6) is 1.35. The van der Waals surface area contributed by atoms with Crippen molar-refractivity contribution in [3.05, 3.63) is 41.7 Å². The zero-order valence-electron chi connectivity index (χ0n) is 13.9. The molecule has 0 aliphatic heterocycles. The second-order valence-corrected chi connectivity index (χ2v) is 5.73. The Morgan fingerprint density at radius 3 is 2.57 bits per heavy atom. The third-order valence-electron chi connectivity index (χ3n) is 3.19. The second-order valence-electron chi connectivity index (χ2n) is 5.73. The maximum absolute atomic E-state index is 11.9. The monoisotopic (exact) mass is 314 g/mol. The Kier molecular flexibility index (Phi) is 5.51. The predicted molar refractivity (Wildman–Crippen MR) is 90.2 cm³/mol. The van der Waals surface area contributed by atoms with Crippen LogP contribution in [0.15, 0.2) is 30.6 Å². The first-order chi connectivity index (χ1) is 11.0. The number of benzene rings is 1. The molecule has 0 saturated carbocycles. The zero-order chi connectivity index (χ0) is 16.8. The van der Waals surface area contributed by atoms with E-state index in [0.717, 1.165) is 11.3 Å². The topological polar surface area (TPSA) is 76.1 Å². The summed E-state index contributed by atoms with van der Waals surface area (Å²) in [4.78, 5) is 20.3. The number of aromatic nitrogens is 2. The molecule has 122 valence electrons. The number of carbonyl (C=O) groups is 1. The van der Waals surface area contributed by atoms with Gasteiger partial charge in [-0.3, -0.25) is 4.79 Å². The number of nitrogens with zero attached hydrogens (tertiary/aromatic N) is 2. The van der Waals surface area contributed by atoms with Gasteiger partial charge in [-0.25, -0.2) is 9.97 Å². The van der Waals surface area contributed by atoms with E-state index in [0.29, 0.717) is 29.7 Å². The first kappa shape index (κ1) is 16.7. The summed E-state index contributed by atoms with van der Waals surface area (Å²) < 4.78 is 5.31. The van der Waals surface area contributed by atoms with Gasteiger partial charge in [0.1, 0.15) is 5.75 Å². The van der Waals surface area contributed by atoms with E-state index in [-0.39, 0.29) is 5.91 Å². The highest BCUT2D eigenvalue weighted by atomic mass is 16.5. The van der Waals surface area contributed by atoms with Gasteiger partial charge in [-0.05, 0) is 30.5 Å². The number of hydrogen-bond donors (Lipinski definition) is 2. The van der Waals surface area contributed by atoms with E-state index in [1.54, 1.807) is 7.11 Å². The van der Waals surface area contributed by atoms with Crippen molar-refractivity contribution in [3.63, 3.8) is 0 Å². The van der Waals surface area contributed by atoms with Crippen LogP contribution in [0.1, 0.15) is 29.8 Å². The molecule has 2 N–H and O–H groups in total. The number of carbonyl (C=O) groups excluding carboxylic acids is 1. The molecule has 0 radical (unpaired) electrons. The highest BCUT2D eigenvalue weighted by Gasteiger charge is 2.09. The van der Waals surface area contributed by atoms with Gasteiger partial charge >= 0.3 is 0 Å². The Hall–Kier alpha value is -2.63. The third-order valence-corrected chi connectivity index (χ3v) is 3.19. The molecule has 0 unspecified atom stereocenters. The van der Waals surface area contributed by atoms with Crippen molar-refractivity contribution in [1.29, 1.82) is 0 Å². The predicted octanol–water partition coefficient (Wildman–Crippen LogP) is 2.92. The fraction of sp³-hybridized carbons (Fsp3) is 0.353. The number of hydrogen-bond acceptors (Lipinski definition) is 5. The Balaban J connectivity index is 2.08. The Labute approximate surface area is 136 Å². The summed E-state index contributed by atoms with van der Waals surface area (Å²) in [6, 6.07) is 5.80. The molecule has 6 nitrogen and oxygen atoms in total. The van der Waals surface area contributed by atoms with E-state index < -0.39 is 0 Å². The lowest BCUT2D eigenvalue weighted by Gasteiger charge is -2.11. The van der Waals surface area contributed by atoms with Crippen LogP contribution >= 0.6 is 0 Å². The van der Waals surface area contributed by atoms with Crippen molar-refractivity contribution in [2.75, 3.05) is 19.0 Å². The number of amides is 1. The first-order valence-corrected chi connectivity index (χ1v) is 7.51. The molecule has 1 heterocycles. The molecular weight excluding hydrogens is 292 g/mol. The van der Waals surface area contributed by atoms with Gasteiger partial charge in [0.2, 0.25) is 5.95 Å². The van der Waals surface area contributed by atoms with E-state index in [1.807, 2.05) is 39.0 Å². The summed E-state index contributed by atoms with van der Waals surface area (Å²) >= 11 is 0. The van der Waals surface area contributed by atoms with Crippen LogP contribution in [0.2, 0.25) is 0 Å². The molecule has 0 bridgehead atoms. The van der Waals surface area contributed by atoms with Crippen LogP contribution in [0, 0.1) is 12.8 Å². The summed E-state index contributed by atoms with van der Waals surface area (Å²) in [6.07, 6.45) is 3.01. The van der Waals surface area contributed by atoms with Gasteiger partial charge < -0.3 is 15.4 Å². The van der Waals surface area contributed by atoms with Gasteiger partial charge in [-0.15, -0.1) is 0 Å². The number of aryl methyl sites for hydroxylation is 1. The lowest BCUT2D eigenvalue weighted by atomic mass is 10.2. The van der Waals surface area contributed by atoms with E-state index in [4.69, 9.17) is 4.74 Å². The van der Waals surface area contributed by atoms with E-state index in [9.17, 15) is 4.79 Å². The minimum absolute atomic E-state index is 0.168. The Morgan fingerprint density at radius 1 is 1.26 bits per heavy atom. The highest BCUT2D eigenvalue weighted by molar-refractivity contribution is 5.93. The van der Waals surface area contributed by atoms with Crippen LogP contribution in [-0.4, -0.2) is 29.5 Å². The standard InChI is InChI=1S/C17H22N4O2/c1-11(2)8-18-16(22)13-9-19-17(20-10-13)21-14-7-12(3)5-6-15(14)23-4/h5-7,9-11H,8H2,1-4H3,(H,18,22)(H,19,20,21). The molecule has 0 atom stereocenters. The average molecular weight is 314 g/mol. The van der Waals surface area contributed by atoms with Gasteiger partial charge in [0.15, 0.2) is 0 Å². The lowest BCUT2D eigenvalue weighted by Crippen LogP contribution is -2.27. The van der Waals surface area contributed by atoms with Crippen LogP contribution in [0.4, 0.5) is 11.6 Å². The van der Waals surface area contributed by atoms with Crippen LogP contribution in [0.5, 0.6) is 5.75 Å². The molecule has 0 saturated heterocycles. The van der Waals surface area contributed by atoms with E-state index in [1.165, 1.54) is 12.4 Å². The van der Waals surface area contributed by atoms with Crippen LogP contribution < -0.4 is 15.4 Å². The SMILES string of the molecule is COc1ccc(C)cc1Nc1ncc(C(=O)NCC(C)C)cn1. The normalized spacial score (nSPS) is 10.5. The Morgan fingerprint density at radius 2 is 1.96 bits per heavy atom. The first-order valence-electron chi connectivity index (χ1n) is 7.51. The van der Waals surface area contributed by atoms with Crippen molar-refractivity contribution in [1.82, 2.24) is 15.3 Å². The van der Waals surface area contributed by atoms with Crippen molar-refractivity contribution in [2.24, 2.45) is 5.92 Å². The van der Waals surface area contributed by atoms with Gasteiger partial charge in [-0.1, -0.05) is 19.9 Å². The number of rotatable bonds is 6. The van der Waals surface area contributed by atoms with Crippen molar-refractivity contribution >= 4 is 17.5 Å². The number of anilines is 2. The lowest BCUT2D eigenvalue weighted by molar-refractivity contribution is 0.0948. The quantitative estimate of drug-likeness (QED) is 0.857.